The van der Waals surface area contributed by atoms with Gasteiger partial charge in [0, 0.05) is 0 Å². The molecule has 1 aromatic rings. The molecule has 9 heteroatoms. The third kappa shape index (κ3) is 2.38. The number of ether oxygens (including phenoxy) is 1. The summed E-state index contributed by atoms with van der Waals surface area (Å²) in [7, 11) is 0. The minimum Gasteiger partial charge on any atom is -0.465 e. The first-order chi connectivity index (χ1) is 8.02. The van der Waals surface area contributed by atoms with E-state index in [1.165, 1.54) is 0 Å². The molecule has 0 aliphatic heterocycles. The van der Waals surface area contributed by atoms with Gasteiger partial charge in [0.2, 0.25) is 5.88 Å². The van der Waals surface area contributed by atoms with E-state index in [0.717, 1.165) is 0 Å². The average molecular weight is 243 g/mol. The van der Waals surface area contributed by atoms with E-state index >= 15 is 0 Å². The number of aromatic nitrogens is 1. The molecule has 0 aliphatic rings. The summed E-state index contributed by atoms with van der Waals surface area (Å²) >= 11 is 0. The van der Waals surface area contributed by atoms with Crippen LogP contribution in [-0.2, 0) is 9.53 Å². The highest BCUT2D eigenvalue weighted by Gasteiger charge is 2.33. The Labute approximate surface area is 96.2 Å². The zero-order valence-corrected chi connectivity index (χ0v) is 9.08. The minimum atomic E-state index is -1.24. The number of hydrogen-bond donors (Lipinski definition) is 4. The largest absolute Gasteiger partial charge is 0.465 e. The van der Waals surface area contributed by atoms with Crippen molar-refractivity contribution in [2.45, 2.75) is 12.8 Å². The average Bonchev–Trinajstić information content (AvgIpc) is 2.61. The maximum absolute atomic E-state index is 11.7. The summed E-state index contributed by atoms with van der Waals surface area (Å²) in [6, 6.07) is 0. The van der Waals surface area contributed by atoms with Crippen molar-refractivity contribution in [3.05, 3.63) is 5.56 Å². The van der Waals surface area contributed by atoms with Crippen molar-refractivity contribution in [2.24, 2.45) is 10.9 Å². The number of anilines is 2. The molecular weight excluding hydrogens is 230 g/mol. The molecule has 17 heavy (non-hydrogen) atoms. The zero-order chi connectivity index (χ0) is 13.0. The summed E-state index contributed by atoms with van der Waals surface area (Å²) < 4.78 is 9.37. The zero-order valence-electron chi connectivity index (χ0n) is 9.08. The molecule has 1 atom stereocenters. The van der Waals surface area contributed by atoms with Gasteiger partial charge in [-0.25, -0.2) is 0 Å². The number of rotatable bonds is 4. The van der Waals surface area contributed by atoms with Gasteiger partial charge in [-0.05, 0) is 6.92 Å². The summed E-state index contributed by atoms with van der Waals surface area (Å²) in [5.74, 6) is -2.72. The van der Waals surface area contributed by atoms with Gasteiger partial charge in [0.05, 0.1) is 12.2 Å². The molecule has 0 bridgehead atoms. The lowest BCUT2D eigenvalue weighted by Crippen LogP contribution is -2.31. The Bertz CT molecular complexity index is 422. The Kier molecular flexibility index (Phi) is 3.75. The molecule has 0 aromatic carbocycles. The Morgan fingerprint density at radius 2 is 2.29 bits per heavy atom. The lowest BCUT2D eigenvalue weighted by molar-refractivity contribution is -0.143. The number of nitrogens with zero attached hydrogens (tertiary/aromatic N) is 2. The van der Waals surface area contributed by atoms with Crippen LogP contribution in [0.2, 0.25) is 0 Å². The Hall–Kier alpha value is -2.45. The van der Waals surface area contributed by atoms with Crippen LogP contribution in [0.1, 0.15) is 18.4 Å². The molecule has 1 aromatic heterocycles. The molecule has 7 N–H and O–H groups in total. The fourth-order valence-electron chi connectivity index (χ4n) is 1.28. The second-order valence-corrected chi connectivity index (χ2v) is 3.06. The van der Waals surface area contributed by atoms with E-state index in [0.29, 0.717) is 0 Å². The van der Waals surface area contributed by atoms with Gasteiger partial charge in [-0.2, -0.15) is 0 Å². The Balaban J connectivity index is 3.20. The number of nitrogens with two attached hydrogens (primary N) is 3. The predicted molar refractivity (Wildman–Crippen MR) is 58.1 cm³/mol. The van der Waals surface area contributed by atoms with Gasteiger partial charge >= 0.3 is 5.97 Å². The third-order valence-electron chi connectivity index (χ3n) is 2.01. The molecule has 0 saturated carbocycles. The minimum absolute atomic E-state index is 0.0266. The first-order valence-electron chi connectivity index (χ1n) is 4.67. The summed E-state index contributed by atoms with van der Waals surface area (Å²) in [6.45, 7) is 1.74. The van der Waals surface area contributed by atoms with E-state index < -0.39 is 17.7 Å². The van der Waals surface area contributed by atoms with E-state index in [-0.39, 0.29) is 23.9 Å². The highest BCUT2D eigenvalue weighted by Crippen LogP contribution is 2.29. The van der Waals surface area contributed by atoms with Gasteiger partial charge in [-0.15, -0.1) is 0 Å². The van der Waals surface area contributed by atoms with Gasteiger partial charge in [0.1, 0.15) is 0 Å². The van der Waals surface area contributed by atoms with E-state index in [2.05, 4.69) is 14.8 Å². The SMILES string of the molecule is CCOC(=O)C(/C(N)=N/O)c1c(N)noc1N. The maximum atomic E-state index is 11.7. The standard InChI is InChI=1S/C8H13N5O4/c1-2-16-8(14)4(5(9)12-15)3-6(10)13-17-7(3)11/h4,15H,2,11H2,1H3,(H2,9,12)(H2,10,13). The van der Waals surface area contributed by atoms with Crippen molar-refractivity contribution < 1.29 is 19.3 Å². The molecule has 0 radical (unpaired) electrons. The van der Waals surface area contributed by atoms with Gasteiger partial charge in [-0.3, -0.25) is 4.79 Å². The smallest absolute Gasteiger partial charge is 0.321 e. The summed E-state index contributed by atoms with van der Waals surface area (Å²) in [5.41, 5.74) is 16.4. The highest BCUT2D eigenvalue weighted by molar-refractivity contribution is 6.06. The molecule has 1 unspecified atom stereocenters. The number of esters is 1. The van der Waals surface area contributed by atoms with Crippen LogP contribution in [0.25, 0.3) is 0 Å². The Morgan fingerprint density at radius 1 is 1.65 bits per heavy atom. The Morgan fingerprint density at radius 3 is 2.71 bits per heavy atom. The number of carbonyl (C=O) groups excluding carboxylic acids is 1. The molecular formula is C8H13N5O4. The van der Waals surface area contributed by atoms with E-state index in [1.807, 2.05) is 0 Å². The maximum Gasteiger partial charge on any atom is 0.321 e. The lowest BCUT2D eigenvalue weighted by Gasteiger charge is -2.12. The molecule has 0 amide bonds. The summed E-state index contributed by atoms with van der Waals surface area (Å²) in [6.07, 6.45) is 0. The second-order valence-electron chi connectivity index (χ2n) is 3.06. The van der Waals surface area contributed by atoms with Gasteiger partial charge in [0.25, 0.3) is 0 Å². The van der Waals surface area contributed by atoms with Crippen molar-refractivity contribution in [3.63, 3.8) is 0 Å². The topological polar surface area (TPSA) is 163 Å². The third-order valence-corrected chi connectivity index (χ3v) is 2.01. The van der Waals surface area contributed by atoms with Crippen molar-refractivity contribution >= 4 is 23.5 Å². The fraction of sp³-hybridized carbons (Fsp3) is 0.375. The fourth-order valence-corrected chi connectivity index (χ4v) is 1.28. The van der Waals surface area contributed by atoms with Gasteiger partial charge in [0.15, 0.2) is 17.6 Å². The number of oxime groups is 1. The van der Waals surface area contributed by atoms with Crippen LogP contribution in [-0.4, -0.2) is 28.8 Å². The van der Waals surface area contributed by atoms with Crippen molar-refractivity contribution in [3.8, 4) is 0 Å². The first-order valence-corrected chi connectivity index (χ1v) is 4.67. The quantitative estimate of drug-likeness (QED) is 0.176. The summed E-state index contributed by atoms with van der Waals surface area (Å²) in [5, 5.41) is 14.7. The van der Waals surface area contributed by atoms with Crippen LogP contribution >= 0.6 is 0 Å². The van der Waals surface area contributed by atoms with Crippen LogP contribution in [0.5, 0.6) is 0 Å². The molecule has 0 saturated heterocycles. The second kappa shape index (κ2) is 5.05. The number of amidine groups is 1. The number of nitrogen functional groups attached to an aromatic ring is 2. The highest BCUT2D eigenvalue weighted by atomic mass is 16.5. The van der Waals surface area contributed by atoms with Crippen LogP contribution in [0.15, 0.2) is 9.68 Å². The normalized spacial score (nSPS) is 13.4. The predicted octanol–water partition coefficient (Wildman–Crippen LogP) is -0.768. The summed E-state index contributed by atoms with van der Waals surface area (Å²) in [4.78, 5) is 11.7. The number of hydrogen-bond acceptors (Lipinski definition) is 8. The molecule has 9 nitrogen and oxygen atoms in total. The molecule has 0 spiro atoms. The molecule has 1 rings (SSSR count). The van der Waals surface area contributed by atoms with Crippen molar-refractivity contribution in [2.75, 3.05) is 18.1 Å². The first kappa shape index (κ1) is 12.6. The van der Waals surface area contributed by atoms with Crippen LogP contribution in [0, 0.1) is 0 Å². The van der Waals surface area contributed by atoms with Crippen LogP contribution in [0.3, 0.4) is 0 Å². The van der Waals surface area contributed by atoms with Crippen molar-refractivity contribution in [1.82, 2.24) is 5.16 Å². The van der Waals surface area contributed by atoms with Gasteiger partial charge in [-0.1, -0.05) is 10.3 Å². The number of carbonyl (C=O) groups is 1. The lowest BCUT2D eigenvalue weighted by atomic mass is 10.00. The monoisotopic (exact) mass is 243 g/mol. The van der Waals surface area contributed by atoms with Gasteiger partial charge < -0.3 is 31.7 Å². The molecule has 0 fully saturated rings. The van der Waals surface area contributed by atoms with Crippen molar-refractivity contribution in [1.29, 1.82) is 0 Å². The van der Waals surface area contributed by atoms with E-state index in [9.17, 15) is 4.79 Å². The molecule has 1 heterocycles. The molecule has 94 valence electrons. The van der Waals surface area contributed by atoms with E-state index in [1.54, 1.807) is 6.92 Å². The van der Waals surface area contributed by atoms with Crippen LogP contribution in [0.4, 0.5) is 11.7 Å². The van der Waals surface area contributed by atoms with Crippen LogP contribution < -0.4 is 17.2 Å². The molecule has 0 aliphatic carbocycles. The van der Waals surface area contributed by atoms with E-state index in [4.69, 9.17) is 27.1 Å².